The Balaban J connectivity index is 1.98. The fourth-order valence-corrected chi connectivity index (χ4v) is 2.30. The second-order valence-corrected chi connectivity index (χ2v) is 5.11. The molecule has 0 aromatic heterocycles. The third-order valence-electron chi connectivity index (χ3n) is 3.38. The van der Waals surface area contributed by atoms with E-state index in [0.29, 0.717) is 24.1 Å². The quantitative estimate of drug-likeness (QED) is 0.590. The van der Waals surface area contributed by atoms with Crippen molar-refractivity contribution in [3.8, 4) is 17.6 Å². The number of hydrogen-bond acceptors (Lipinski definition) is 3. The average molecular weight is 311 g/mol. The average Bonchev–Trinajstić information content (AvgIpc) is 2.52. The van der Waals surface area contributed by atoms with Crippen LogP contribution in [-0.2, 0) is 9.59 Å². The van der Waals surface area contributed by atoms with Crippen molar-refractivity contribution in [2.24, 2.45) is 0 Å². The number of aliphatic carboxylic acids is 1. The van der Waals surface area contributed by atoms with E-state index in [0.717, 1.165) is 12.8 Å². The van der Waals surface area contributed by atoms with Gasteiger partial charge in [-0.2, -0.15) is 0 Å². The van der Waals surface area contributed by atoms with Gasteiger partial charge in [-0.1, -0.05) is 17.9 Å². The monoisotopic (exact) mass is 311 g/mol. The Morgan fingerprint density at radius 3 is 2.74 bits per heavy atom. The predicted octanol–water partition coefficient (Wildman–Crippen LogP) is 2.33. The molecule has 0 saturated heterocycles. The Labute approximate surface area is 134 Å². The summed E-state index contributed by atoms with van der Waals surface area (Å²) in [4.78, 5) is 22.9. The number of phenols is 1. The van der Waals surface area contributed by atoms with Crippen LogP contribution in [0.1, 0.15) is 31.2 Å². The van der Waals surface area contributed by atoms with E-state index in [1.54, 1.807) is 18.2 Å². The van der Waals surface area contributed by atoms with Crippen molar-refractivity contribution < 1.29 is 19.8 Å². The van der Waals surface area contributed by atoms with Gasteiger partial charge in [-0.3, -0.25) is 4.79 Å². The summed E-state index contributed by atoms with van der Waals surface area (Å²) in [6.45, 7) is 0. The highest BCUT2D eigenvalue weighted by Gasteiger charge is 2.19. The highest BCUT2D eigenvalue weighted by Crippen LogP contribution is 2.22. The molecule has 1 aromatic rings. The fraction of sp³-hybridized carbons (Fsp3) is 0.222. The Kier molecular flexibility index (Phi) is 5.59. The second kappa shape index (κ2) is 7.85. The number of carboxylic acids is 1. The summed E-state index contributed by atoms with van der Waals surface area (Å²) < 4.78 is 0. The topological polar surface area (TPSA) is 86.6 Å². The van der Waals surface area contributed by atoms with E-state index >= 15 is 0 Å². The van der Waals surface area contributed by atoms with E-state index in [1.807, 2.05) is 0 Å². The van der Waals surface area contributed by atoms with Gasteiger partial charge < -0.3 is 15.5 Å². The van der Waals surface area contributed by atoms with Crippen LogP contribution in [0.25, 0.3) is 0 Å². The van der Waals surface area contributed by atoms with Crippen molar-refractivity contribution in [1.82, 2.24) is 5.32 Å². The lowest BCUT2D eigenvalue weighted by molar-refractivity contribution is -0.133. The maximum atomic E-state index is 11.8. The number of carboxylic acid groups (broad SMARTS) is 1. The van der Waals surface area contributed by atoms with Gasteiger partial charge in [0.15, 0.2) is 0 Å². The van der Waals surface area contributed by atoms with Crippen LogP contribution in [0.3, 0.4) is 0 Å². The molecule has 0 heterocycles. The molecule has 118 valence electrons. The van der Waals surface area contributed by atoms with Gasteiger partial charge in [-0.25, -0.2) is 4.79 Å². The number of nitrogens with one attached hydrogen (secondary N) is 1. The number of carbonyl (C=O) groups is 2. The minimum atomic E-state index is -0.979. The van der Waals surface area contributed by atoms with Crippen molar-refractivity contribution in [2.75, 3.05) is 0 Å². The van der Waals surface area contributed by atoms with Crippen molar-refractivity contribution in [2.45, 2.75) is 25.7 Å². The number of amides is 1. The molecule has 1 aliphatic rings. The van der Waals surface area contributed by atoms with Gasteiger partial charge >= 0.3 is 5.97 Å². The number of hydrogen-bond donors (Lipinski definition) is 3. The highest BCUT2D eigenvalue weighted by molar-refractivity contribution is 5.92. The zero-order chi connectivity index (χ0) is 16.7. The number of aromatic hydroxyl groups is 1. The summed E-state index contributed by atoms with van der Waals surface area (Å²) in [6.07, 6.45) is 5.39. The van der Waals surface area contributed by atoms with Crippen molar-refractivity contribution in [3.63, 3.8) is 0 Å². The van der Waals surface area contributed by atoms with E-state index in [2.05, 4.69) is 17.2 Å². The molecule has 1 aliphatic carbocycles. The molecule has 1 amide bonds. The molecule has 5 heteroatoms. The second-order valence-electron chi connectivity index (χ2n) is 5.11. The van der Waals surface area contributed by atoms with Crippen LogP contribution in [0.15, 0.2) is 47.7 Å². The molecule has 0 saturated carbocycles. The molecule has 2 rings (SSSR count). The Morgan fingerprint density at radius 2 is 2.00 bits per heavy atom. The van der Waals surface area contributed by atoms with Gasteiger partial charge in [0.25, 0.3) is 0 Å². The van der Waals surface area contributed by atoms with Crippen LogP contribution in [0.4, 0.5) is 0 Å². The predicted molar refractivity (Wildman–Crippen MR) is 85.4 cm³/mol. The summed E-state index contributed by atoms with van der Waals surface area (Å²) >= 11 is 0. The van der Waals surface area contributed by atoms with Crippen LogP contribution >= 0.6 is 0 Å². The maximum Gasteiger partial charge on any atom is 0.333 e. The summed E-state index contributed by atoms with van der Waals surface area (Å²) in [5.74, 6) is 4.24. The van der Waals surface area contributed by atoms with Crippen LogP contribution in [0.2, 0.25) is 0 Å². The van der Waals surface area contributed by atoms with Gasteiger partial charge in [-0.15, -0.1) is 0 Å². The lowest BCUT2D eigenvalue weighted by Gasteiger charge is -2.17. The summed E-state index contributed by atoms with van der Waals surface area (Å²) in [7, 11) is 0. The highest BCUT2D eigenvalue weighted by atomic mass is 16.4. The summed E-state index contributed by atoms with van der Waals surface area (Å²) in [6, 6.07) is 6.49. The van der Waals surface area contributed by atoms with Gasteiger partial charge in [0.2, 0.25) is 5.91 Å². The smallest absolute Gasteiger partial charge is 0.333 e. The van der Waals surface area contributed by atoms with Gasteiger partial charge in [-0.05, 0) is 50.0 Å². The maximum absolute atomic E-state index is 11.8. The van der Waals surface area contributed by atoms with E-state index < -0.39 is 11.9 Å². The zero-order valence-electron chi connectivity index (χ0n) is 12.5. The van der Waals surface area contributed by atoms with Crippen LogP contribution in [-0.4, -0.2) is 22.1 Å². The molecule has 0 unspecified atom stereocenters. The Morgan fingerprint density at radius 1 is 1.22 bits per heavy atom. The number of benzene rings is 1. The standard InChI is InChI=1S/C18H17NO4/c20-14-8-5-7-13(12-14)6-1-4-11-17(21)19-16-10-3-2-9-15(16)18(22)23/h4-5,7-8,11-12,20H,2-3,9-10H2,(H,19,21)(H,22,23)/b11-4+. The summed E-state index contributed by atoms with van der Waals surface area (Å²) in [5.41, 5.74) is 1.40. The molecule has 3 N–H and O–H groups in total. The van der Waals surface area contributed by atoms with Crippen molar-refractivity contribution in [3.05, 3.63) is 53.3 Å². The number of phenolic OH excluding ortho intramolecular Hbond substituents is 1. The Bertz CT molecular complexity index is 735. The molecule has 1 aromatic carbocycles. The molecule has 5 nitrogen and oxygen atoms in total. The van der Waals surface area contributed by atoms with Crippen molar-refractivity contribution in [1.29, 1.82) is 0 Å². The molecular formula is C18H17NO4. The fourth-order valence-electron chi connectivity index (χ4n) is 2.30. The first-order valence-electron chi connectivity index (χ1n) is 7.29. The van der Waals surface area contributed by atoms with Gasteiger partial charge in [0.1, 0.15) is 5.75 Å². The lowest BCUT2D eigenvalue weighted by atomic mass is 9.96. The van der Waals surface area contributed by atoms with E-state index in [9.17, 15) is 14.7 Å². The molecule has 0 spiro atoms. The minimum absolute atomic E-state index is 0.129. The van der Waals surface area contributed by atoms with Crippen LogP contribution in [0.5, 0.6) is 5.75 Å². The first kappa shape index (κ1) is 16.4. The number of allylic oxidation sites excluding steroid dienone is 2. The SMILES string of the molecule is O=C(/C=C/C#Cc1cccc(O)c1)NC1=C(C(=O)O)CCCC1. The largest absolute Gasteiger partial charge is 0.508 e. The molecule has 0 bridgehead atoms. The lowest BCUT2D eigenvalue weighted by Crippen LogP contribution is -2.25. The normalized spacial score (nSPS) is 14.3. The first-order chi connectivity index (χ1) is 11.1. The minimum Gasteiger partial charge on any atom is -0.508 e. The van der Waals surface area contributed by atoms with E-state index in [4.69, 9.17) is 5.11 Å². The van der Waals surface area contributed by atoms with Crippen LogP contribution in [0, 0.1) is 11.8 Å². The molecular weight excluding hydrogens is 294 g/mol. The van der Waals surface area contributed by atoms with Gasteiger partial charge in [0, 0.05) is 17.3 Å². The van der Waals surface area contributed by atoms with E-state index in [1.165, 1.54) is 18.2 Å². The molecule has 23 heavy (non-hydrogen) atoms. The Hall–Kier alpha value is -3.00. The third kappa shape index (κ3) is 5.04. The molecule has 0 aliphatic heterocycles. The van der Waals surface area contributed by atoms with E-state index in [-0.39, 0.29) is 11.3 Å². The van der Waals surface area contributed by atoms with Crippen LogP contribution < -0.4 is 5.32 Å². The molecule has 0 radical (unpaired) electrons. The molecule has 0 atom stereocenters. The number of rotatable bonds is 3. The number of carbonyl (C=O) groups excluding carboxylic acids is 1. The van der Waals surface area contributed by atoms with Crippen molar-refractivity contribution >= 4 is 11.9 Å². The zero-order valence-corrected chi connectivity index (χ0v) is 12.5. The molecule has 0 fully saturated rings. The summed E-state index contributed by atoms with van der Waals surface area (Å²) in [5, 5.41) is 21.0. The third-order valence-corrected chi connectivity index (χ3v) is 3.38. The first-order valence-corrected chi connectivity index (χ1v) is 7.29. The van der Waals surface area contributed by atoms with Gasteiger partial charge in [0.05, 0.1) is 5.57 Å².